The van der Waals surface area contributed by atoms with Crippen molar-refractivity contribution in [3.63, 3.8) is 0 Å². The van der Waals surface area contributed by atoms with E-state index < -0.39 is 9.84 Å². The first-order valence-electron chi connectivity index (χ1n) is 10.1. The van der Waals surface area contributed by atoms with Gasteiger partial charge in [0.05, 0.1) is 10.9 Å². The molecule has 1 atom stereocenters. The van der Waals surface area contributed by atoms with Crippen LogP contribution in [-0.4, -0.2) is 35.8 Å². The summed E-state index contributed by atoms with van der Waals surface area (Å²) in [5, 5.41) is 1.10. The van der Waals surface area contributed by atoms with Crippen molar-refractivity contribution in [3.8, 4) is 0 Å². The second-order valence-corrected chi connectivity index (χ2v) is 10.2. The van der Waals surface area contributed by atoms with Gasteiger partial charge in [-0.3, -0.25) is 0 Å². The van der Waals surface area contributed by atoms with Gasteiger partial charge in [-0.05, 0) is 49.1 Å². The summed E-state index contributed by atoms with van der Waals surface area (Å²) in [5.74, 6) is 1.11. The first-order chi connectivity index (χ1) is 13.7. The van der Waals surface area contributed by atoms with E-state index in [1.54, 1.807) is 0 Å². The van der Waals surface area contributed by atoms with E-state index in [-0.39, 0.29) is 6.04 Å². The Labute approximate surface area is 172 Å². The fourth-order valence-corrected chi connectivity index (χ4v) is 5.49. The summed E-state index contributed by atoms with van der Waals surface area (Å²) < 4.78 is 27.0. The van der Waals surface area contributed by atoms with Crippen LogP contribution in [0.5, 0.6) is 0 Å². The molecule has 3 heterocycles. The molecule has 154 valence electrons. The van der Waals surface area contributed by atoms with Crippen LogP contribution in [0, 0.1) is 12.8 Å². The van der Waals surface area contributed by atoms with Crippen LogP contribution in [0.4, 0.5) is 5.95 Å². The second kappa shape index (κ2) is 7.13. The van der Waals surface area contributed by atoms with Gasteiger partial charge in [0.1, 0.15) is 0 Å². The maximum atomic E-state index is 12.4. The van der Waals surface area contributed by atoms with Crippen LogP contribution in [0.25, 0.3) is 10.9 Å². The van der Waals surface area contributed by atoms with Crippen LogP contribution in [0.2, 0.25) is 0 Å². The minimum Gasteiger partial charge on any atom is -0.341 e. The minimum absolute atomic E-state index is 0.129. The van der Waals surface area contributed by atoms with E-state index in [0.717, 1.165) is 41.2 Å². The van der Waals surface area contributed by atoms with Gasteiger partial charge in [-0.15, -0.1) is 0 Å². The third-order valence-corrected chi connectivity index (χ3v) is 6.95. The van der Waals surface area contributed by atoms with Gasteiger partial charge < -0.3 is 9.47 Å². The molecule has 0 spiro atoms. The molecular weight excluding hydrogens is 384 g/mol. The number of nitrogens with zero attached hydrogens (tertiary/aromatic N) is 4. The molecule has 4 rings (SSSR count). The topological polar surface area (TPSA) is 68.1 Å². The number of anilines is 1. The van der Waals surface area contributed by atoms with Crippen LogP contribution in [0.3, 0.4) is 0 Å². The van der Waals surface area contributed by atoms with E-state index >= 15 is 0 Å². The zero-order valence-corrected chi connectivity index (χ0v) is 18.5. The lowest BCUT2D eigenvalue weighted by Crippen LogP contribution is -2.41. The minimum atomic E-state index is -3.27. The normalized spacial score (nSPS) is 17.2. The molecule has 0 aliphatic carbocycles. The summed E-state index contributed by atoms with van der Waals surface area (Å²) in [5.41, 5.74) is 4.02. The Morgan fingerprint density at radius 3 is 2.59 bits per heavy atom. The first-order valence-corrected chi connectivity index (χ1v) is 12.0. The van der Waals surface area contributed by atoms with Crippen LogP contribution >= 0.6 is 0 Å². The van der Waals surface area contributed by atoms with Gasteiger partial charge in [-0.25, -0.2) is 18.4 Å². The lowest BCUT2D eigenvalue weighted by Gasteiger charge is -2.39. The monoisotopic (exact) mass is 412 g/mol. The highest BCUT2D eigenvalue weighted by Crippen LogP contribution is 2.39. The van der Waals surface area contributed by atoms with Gasteiger partial charge in [0, 0.05) is 47.8 Å². The molecule has 0 N–H and O–H groups in total. The Hall–Kier alpha value is -2.41. The molecule has 2 aromatic heterocycles. The highest BCUT2D eigenvalue weighted by molar-refractivity contribution is 7.90. The average molecular weight is 413 g/mol. The van der Waals surface area contributed by atoms with E-state index in [1.807, 2.05) is 38.2 Å². The number of fused-ring (bicyclic) bond motifs is 3. The standard InChI is InChI=1S/C22H28N4O2S/c1-6-16-11-17-12-19-21(14(2)3)26(22-23-8-7-15(4)24-22)10-9-25(19)18(17)13-20(16)29(5,27)28/h7-8,11-14,21H,6,9-10H2,1-5H3/t21-/m1/s1. The molecule has 0 amide bonds. The quantitative estimate of drug-likeness (QED) is 0.650. The second-order valence-electron chi connectivity index (χ2n) is 8.25. The maximum Gasteiger partial charge on any atom is 0.226 e. The Kier molecular flexibility index (Phi) is 4.89. The van der Waals surface area contributed by atoms with Crippen LogP contribution in [-0.2, 0) is 22.8 Å². The highest BCUT2D eigenvalue weighted by atomic mass is 32.2. The van der Waals surface area contributed by atoms with Gasteiger partial charge in [-0.1, -0.05) is 20.8 Å². The van der Waals surface area contributed by atoms with Crippen molar-refractivity contribution in [1.82, 2.24) is 14.5 Å². The van der Waals surface area contributed by atoms with E-state index in [4.69, 9.17) is 0 Å². The summed E-state index contributed by atoms with van der Waals surface area (Å²) in [7, 11) is -3.27. The Morgan fingerprint density at radius 2 is 1.97 bits per heavy atom. The number of aromatic nitrogens is 3. The van der Waals surface area contributed by atoms with Gasteiger partial charge in [0.15, 0.2) is 9.84 Å². The van der Waals surface area contributed by atoms with E-state index in [0.29, 0.717) is 17.2 Å². The SMILES string of the molecule is CCc1cc2cc3n(c2cc1S(C)(=O)=O)CCN(c1nccc(C)n1)[C@@H]3C(C)C. The molecule has 6 nitrogen and oxygen atoms in total. The molecule has 1 aromatic carbocycles. The molecule has 7 heteroatoms. The predicted molar refractivity (Wildman–Crippen MR) is 116 cm³/mol. The molecule has 1 aliphatic rings. The third kappa shape index (κ3) is 3.41. The van der Waals surface area contributed by atoms with Crippen molar-refractivity contribution in [2.24, 2.45) is 5.92 Å². The number of aryl methyl sites for hydroxylation is 2. The molecule has 0 saturated heterocycles. The Bertz CT molecular complexity index is 1180. The Balaban J connectivity index is 1.91. The van der Waals surface area contributed by atoms with Crippen LogP contribution < -0.4 is 4.90 Å². The van der Waals surface area contributed by atoms with Crippen molar-refractivity contribution in [2.45, 2.75) is 51.6 Å². The fourth-order valence-electron chi connectivity index (χ4n) is 4.48. The number of benzene rings is 1. The van der Waals surface area contributed by atoms with Crippen molar-refractivity contribution in [2.75, 3.05) is 17.7 Å². The summed E-state index contributed by atoms with van der Waals surface area (Å²) in [6, 6.07) is 8.16. The van der Waals surface area contributed by atoms with E-state index in [2.05, 4.69) is 39.3 Å². The summed E-state index contributed by atoms with van der Waals surface area (Å²) in [6.45, 7) is 9.95. The van der Waals surface area contributed by atoms with E-state index in [9.17, 15) is 8.42 Å². The molecule has 0 fully saturated rings. The average Bonchev–Trinajstić information content (AvgIpc) is 3.02. The fraction of sp³-hybridized carbons (Fsp3) is 0.455. The summed E-state index contributed by atoms with van der Waals surface area (Å²) >= 11 is 0. The van der Waals surface area contributed by atoms with Crippen LogP contribution in [0.15, 0.2) is 35.4 Å². The number of rotatable bonds is 4. The Morgan fingerprint density at radius 1 is 1.21 bits per heavy atom. The lowest BCUT2D eigenvalue weighted by molar-refractivity contribution is 0.397. The zero-order chi connectivity index (χ0) is 20.9. The maximum absolute atomic E-state index is 12.4. The molecule has 3 aromatic rings. The van der Waals surface area contributed by atoms with Gasteiger partial charge >= 0.3 is 0 Å². The van der Waals surface area contributed by atoms with Gasteiger partial charge in [0.2, 0.25) is 5.95 Å². The third-order valence-electron chi connectivity index (χ3n) is 5.77. The van der Waals surface area contributed by atoms with Gasteiger partial charge in [0.25, 0.3) is 0 Å². The van der Waals surface area contributed by atoms with Crippen molar-refractivity contribution in [3.05, 3.63) is 47.4 Å². The smallest absolute Gasteiger partial charge is 0.226 e. The largest absolute Gasteiger partial charge is 0.341 e. The van der Waals surface area contributed by atoms with Crippen LogP contribution in [0.1, 0.15) is 43.8 Å². The molecular formula is C22H28N4O2S. The molecule has 29 heavy (non-hydrogen) atoms. The number of sulfone groups is 1. The number of hydrogen-bond donors (Lipinski definition) is 0. The summed E-state index contributed by atoms with van der Waals surface area (Å²) in [4.78, 5) is 11.9. The van der Waals surface area contributed by atoms with Gasteiger partial charge in [-0.2, -0.15) is 0 Å². The molecule has 0 saturated carbocycles. The molecule has 0 radical (unpaired) electrons. The molecule has 1 aliphatic heterocycles. The van der Waals surface area contributed by atoms with E-state index in [1.165, 1.54) is 11.9 Å². The first kappa shape index (κ1) is 19.9. The number of hydrogen-bond acceptors (Lipinski definition) is 5. The van der Waals surface area contributed by atoms with Crippen molar-refractivity contribution >= 4 is 26.7 Å². The molecule has 0 unspecified atom stereocenters. The predicted octanol–water partition coefficient (Wildman–Crippen LogP) is 3.92. The summed E-state index contributed by atoms with van der Waals surface area (Å²) in [6.07, 6.45) is 3.79. The van der Waals surface area contributed by atoms with Crippen molar-refractivity contribution < 1.29 is 8.42 Å². The zero-order valence-electron chi connectivity index (χ0n) is 17.7. The lowest BCUT2D eigenvalue weighted by atomic mass is 9.97. The van der Waals surface area contributed by atoms with Crippen molar-refractivity contribution in [1.29, 1.82) is 0 Å². The molecule has 0 bridgehead atoms. The highest BCUT2D eigenvalue weighted by Gasteiger charge is 2.33.